The topological polar surface area (TPSA) is 106 Å². The molecular weight excluding hydrogens is 339 g/mol. The van der Waals surface area contributed by atoms with Crippen molar-refractivity contribution in [3.63, 3.8) is 0 Å². The van der Waals surface area contributed by atoms with Gasteiger partial charge in [-0.15, -0.1) is 0 Å². The van der Waals surface area contributed by atoms with Crippen molar-refractivity contribution in [1.82, 2.24) is 16.4 Å². The maximum absolute atomic E-state index is 13.8. The molecule has 1 saturated heterocycles. The molecule has 130 valence electrons. The molecule has 0 aliphatic carbocycles. The van der Waals surface area contributed by atoms with Crippen LogP contribution in [0.1, 0.15) is 16.7 Å². The summed E-state index contributed by atoms with van der Waals surface area (Å²) in [6.45, 7) is 0. The van der Waals surface area contributed by atoms with Crippen molar-refractivity contribution in [2.75, 3.05) is 0 Å². The fraction of sp³-hybridized carbons (Fsp3) is 0.111. The second kappa shape index (κ2) is 7.64. The second-order valence-electron chi connectivity index (χ2n) is 5.39. The molecule has 2 atom stereocenters. The number of carboxylic acids is 1. The van der Waals surface area contributed by atoms with E-state index in [4.69, 9.17) is 15.1 Å². The number of rotatable bonds is 3. The Morgan fingerprint density at radius 1 is 1.12 bits per heavy atom. The molecule has 0 saturated carbocycles. The van der Waals surface area contributed by atoms with E-state index < -0.39 is 24.1 Å². The van der Waals surface area contributed by atoms with Crippen molar-refractivity contribution in [2.45, 2.75) is 12.3 Å². The summed E-state index contributed by atoms with van der Waals surface area (Å²) in [6.07, 6.45) is -0.928. The van der Waals surface area contributed by atoms with Gasteiger partial charge < -0.3 is 9.84 Å². The second-order valence-corrected chi connectivity index (χ2v) is 5.39. The molecule has 0 aromatic heterocycles. The van der Waals surface area contributed by atoms with Gasteiger partial charge in [0.05, 0.1) is 11.6 Å². The lowest BCUT2D eigenvalue weighted by Gasteiger charge is -2.16. The van der Waals surface area contributed by atoms with Gasteiger partial charge in [-0.05, 0) is 30.3 Å². The zero-order valence-electron chi connectivity index (χ0n) is 13.3. The third-order valence-corrected chi connectivity index (χ3v) is 3.49. The van der Waals surface area contributed by atoms with E-state index in [0.717, 1.165) is 6.07 Å². The van der Waals surface area contributed by atoms with E-state index in [1.54, 1.807) is 24.3 Å². The number of ether oxygens (including phenoxy) is 1. The van der Waals surface area contributed by atoms with Gasteiger partial charge in [-0.2, -0.15) is 10.8 Å². The largest absolute Gasteiger partial charge is 0.480 e. The number of hydrogen-bond acceptors (Lipinski definition) is 6. The standard InChI is InChI=1S/C18H13FN4O3/c19-14-7-12(5-4-11-2-1-3-13(6-11)10-20)8-15(9-14)26-17-16(18(24)25)21-23-22-17/h1-3,6-9,16-17,21-23H,(H,24,25). The van der Waals surface area contributed by atoms with Crippen molar-refractivity contribution < 1.29 is 19.0 Å². The summed E-state index contributed by atoms with van der Waals surface area (Å²) < 4.78 is 19.3. The first-order chi connectivity index (χ1) is 12.5. The van der Waals surface area contributed by atoms with Crippen LogP contribution in [0.4, 0.5) is 4.39 Å². The van der Waals surface area contributed by atoms with E-state index in [0.29, 0.717) is 16.7 Å². The quantitative estimate of drug-likeness (QED) is 0.607. The third-order valence-electron chi connectivity index (χ3n) is 3.49. The van der Waals surface area contributed by atoms with Gasteiger partial charge >= 0.3 is 5.97 Å². The third kappa shape index (κ3) is 4.15. The maximum Gasteiger partial charge on any atom is 0.327 e. The highest BCUT2D eigenvalue weighted by molar-refractivity contribution is 5.74. The summed E-state index contributed by atoms with van der Waals surface area (Å²) >= 11 is 0. The molecule has 2 unspecified atom stereocenters. The number of benzene rings is 2. The number of carbonyl (C=O) groups is 1. The van der Waals surface area contributed by atoms with Crippen LogP contribution < -0.4 is 21.1 Å². The lowest BCUT2D eigenvalue weighted by Crippen LogP contribution is -2.44. The van der Waals surface area contributed by atoms with Gasteiger partial charge in [0, 0.05) is 17.2 Å². The van der Waals surface area contributed by atoms with Gasteiger partial charge in [-0.3, -0.25) is 4.79 Å². The average molecular weight is 352 g/mol. The molecule has 7 nitrogen and oxygen atoms in total. The Kier molecular flexibility index (Phi) is 5.11. The lowest BCUT2D eigenvalue weighted by atomic mass is 10.1. The van der Waals surface area contributed by atoms with Gasteiger partial charge in [0.25, 0.3) is 0 Å². The molecule has 0 amide bonds. The van der Waals surface area contributed by atoms with Crippen LogP contribution in [0.2, 0.25) is 0 Å². The molecular formula is C18H13FN4O3. The highest BCUT2D eigenvalue weighted by atomic mass is 19.1. The zero-order chi connectivity index (χ0) is 18.5. The molecule has 8 heteroatoms. The van der Waals surface area contributed by atoms with Gasteiger partial charge in [0.1, 0.15) is 11.6 Å². The minimum Gasteiger partial charge on any atom is -0.480 e. The molecule has 4 N–H and O–H groups in total. The van der Waals surface area contributed by atoms with Crippen molar-refractivity contribution in [2.24, 2.45) is 0 Å². The number of hydrogen-bond donors (Lipinski definition) is 4. The Balaban J connectivity index is 1.81. The summed E-state index contributed by atoms with van der Waals surface area (Å²) in [7, 11) is 0. The van der Waals surface area contributed by atoms with Gasteiger partial charge in [0.2, 0.25) is 0 Å². The average Bonchev–Trinajstić information content (AvgIpc) is 3.08. The number of nitrogens with zero attached hydrogens (tertiary/aromatic N) is 1. The zero-order valence-corrected chi connectivity index (χ0v) is 13.3. The van der Waals surface area contributed by atoms with Crippen LogP contribution in [0.5, 0.6) is 5.75 Å². The van der Waals surface area contributed by atoms with E-state index >= 15 is 0 Å². The Bertz CT molecular complexity index is 945. The summed E-state index contributed by atoms with van der Waals surface area (Å²) in [4.78, 5) is 11.1. The number of carboxylic acid groups (broad SMARTS) is 1. The first-order valence-corrected chi connectivity index (χ1v) is 7.53. The molecule has 1 aliphatic rings. The molecule has 1 fully saturated rings. The first-order valence-electron chi connectivity index (χ1n) is 7.53. The number of nitriles is 1. The highest BCUT2D eigenvalue weighted by Crippen LogP contribution is 2.18. The Morgan fingerprint density at radius 3 is 2.65 bits per heavy atom. The smallest absolute Gasteiger partial charge is 0.327 e. The van der Waals surface area contributed by atoms with Gasteiger partial charge in [-0.1, -0.05) is 17.9 Å². The number of aliphatic carboxylic acids is 1. The fourth-order valence-electron chi connectivity index (χ4n) is 2.30. The molecule has 1 heterocycles. The fourth-order valence-corrected chi connectivity index (χ4v) is 2.30. The predicted molar refractivity (Wildman–Crippen MR) is 88.8 cm³/mol. The van der Waals surface area contributed by atoms with E-state index in [-0.39, 0.29) is 5.75 Å². The van der Waals surface area contributed by atoms with Crippen LogP contribution in [0, 0.1) is 29.0 Å². The Morgan fingerprint density at radius 2 is 1.88 bits per heavy atom. The first kappa shape index (κ1) is 17.4. The molecule has 0 radical (unpaired) electrons. The van der Waals surface area contributed by atoms with Crippen molar-refractivity contribution >= 4 is 5.97 Å². The number of hydrazine groups is 2. The van der Waals surface area contributed by atoms with E-state index in [1.807, 2.05) is 6.07 Å². The highest BCUT2D eigenvalue weighted by Gasteiger charge is 2.34. The molecule has 0 spiro atoms. The van der Waals surface area contributed by atoms with E-state index in [9.17, 15) is 9.18 Å². The van der Waals surface area contributed by atoms with Crippen LogP contribution >= 0.6 is 0 Å². The minimum absolute atomic E-state index is 0.134. The van der Waals surface area contributed by atoms with Crippen molar-refractivity contribution in [1.29, 1.82) is 5.26 Å². The van der Waals surface area contributed by atoms with Crippen LogP contribution in [-0.2, 0) is 4.79 Å². The SMILES string of the molecule is N#Cc1cccc(C#Cc2cc(F)cc(OC3NNNC3C(=O)O)c2)c1. The number of halogens is 1. The lowest BCUT2D eigenvalue weighted by molar-refractivity contribution is -0.141. The van der Waals surface area contributed by atoms with Crippen molar-refractivity contribution in [3.8, 4) is 23.7 Å². The van der Waals surface area contributed by atoms with Crippen molar-refractivity contribution in [3.05, 3.63) is 65.0 Å². The normalized spacial score (nSPS) is 18.5. The van der Waals surface area contributed by atoms with Crippen LogP contribution in [-0.4, -0.2) is 23.3 Å². The summed E-state index contributed by atoms with van der Waals surface area (Å²) in [5.41, 5.74) is 8.98. The number of nitrogens with one attached hydrogen (secondary N) is 3. The van der Waals surface area contributed by atoms with Gasteiger partial charge in [-0.25, -0.2) is 15.2 Å². The summed E-state index contributed by atoms with van der Waals surface area (Å²) in [5, 5.41) is 18.0. The predicted octanol–water partition coefficient (Wildman–Crippen LogP) is 0.868. The van der Waals surface area contributed by atoms with Gasteiger partial charge in [0.15, 0.2) is 12.3 Å². The molecule has 1 aliphatic heterocycles. The Hall–Kier alpha value is -3.43. The molecule has 3 rings (SSSR count). The molecule has 0 bridgehead atoms. The Labute approximate surface area is 148 Å². The van der Waals surface area contributed by atoms with Crippen LogP contribution in [0.25, 0.3) is 0 Å². The maximum atomic E-state index is 13.8. The van der Waals surface area contributed by atoms with E-state index in [2.05, 4.69) is 28.2 Å². The van der Waals surface area contributed by atoms with Crippen LogP contribution in [0.3, 0.4) is 0 Å². The minimum atomic E-state index is -1.12. The summed E-state index contributed by atoms with van der Waals surface area (Å²) in [5.74, 6) is 4.10. The molecule has 2 aromatic rings. The summed E-state index contributed by atoms with van der Waals surface area (Å²) in [6, 6.07) is 11.6. The molecule has 2 aromatic carbocycles. The molecule has 26 heavy (non-hydrogen) atoms. The monoisotopic (exact) mass is 352 g/mol. The van der Waals surface area contributed by atoms with Crippen LogP contribution in [0.15, 0.2) is 42.5 Å². The van der Waals surface area contributed by atoms with E-state index in [1.165, 1.54) is 12.1 Å².